The van der Waals surface area contributed by atoms with Gasteiger partial charge in [-0.3, -0.25) is 9.59 Å². The number of amides is 2. The van der Waals surface area contributed by atoms with Crippen molar-refractivity contribution < 1.29 is 28.5 Å². The zero-order valence-electron chi connectivity index (χ0n) is 17.1. The number of nitrogens with zero attached hydrogens (tertiary/aromatic N) is 2. The fraction of sp³-hybridized carbons (Fsp3) is 0.364. The third-order valence-corrected chi connectivity index (χ3v) is 6.89. The molecule has 3 aliphatic rings. The van der Waals surface area contributed by atoms with Gasteiger partial charge in [0.25, 0.3) is 11.8 Å². The van der Waals surface area contributed by atoms with Crippen molar-refractivity contribution >= 4 is 43.7 Å². The molecule has 10 heteroatoms. The van der Waals surface area contributed by atoms with E-state index in [0.717, 1.165) is 0 Å². The van der Waals surface area contributed by atoms with E-state index in [1.165, 1.54) is 0 Å². The van der Waals surface area contributed by atoms with Crippen molar-refractivity contribution in [2.45, 2.75) is 0 Å². The average molecular weight is 568 g/mol. The molecule has 3 aliphatic heterocycles. The number of piperazine rings is 1. The van der Waals surface area contributed by atoms with Crippen LogP contribution in [-0.2, 0) is 0 Å². The van der Waals surface area contributed by atoms with Gasteiger partial charge in [0.2, 0.25) is 0 Å². The highest BCUT2D eigenvalue weighted by atomic mass is 79.9. The van der Waals surface area contributed by atoms with Crippen LogP contribution in [0.2, 0.25) is 0 Å². The molecule has 0 radical (unpaired) electrons. The molecule has 168 valence electrons. The summed E-state index contributed by atoms with van der Waals surface area (Å²) in [5, 5.41) is 0. The van der Waals surface area contributed by atoms with E-state index in [1.807, 2.05) is 0 Å². The second-order valence-corrected chi connectivity index (χ2v) is 9.24. The summed E-state index contributed by atoms with van der Waals surface area (Å²) in [5.74, 6) is 2.17. The maximum absolute atomic E-state index is 13.1. The molecule has 2 amide bonds. The standard InChI is InChI=1S/C22H20Br2N2O6/c23-15-11-19-17(29-5-7-31-19)9-13(15)21(27)25-1-2-26(4-3-25)22(28)14-10-18-20(12-16(14)24)32-8-6-30-18/h9-12H,1-8H2. The lowest BCUT2D eigenvalue weighted by Gasteiger charge is -2.35. The molecule has 0 spiro atoms. The summed E-state index contributed by atoms with van der Waals surface area (Å²) in [6.45, 7) is 3.64. The van der Waals surface area contributed by atoms with E-state index in [9.17, 15) is 9.59 Å². The van der Waals surface area contributed by atoms with E-state index in [0.29, 0.717) is 95.7 Å². The maximum Gasteiger partial charge on any atom is 0.255 e. The van der Waals surface area contributed by atoms with Gasteiger partial charge < -0.3 is 28.7 Å². The molecule has 1 saturated heterocycles. The van der Waals surface area contributed by atoms with E-state index in [2.05, 4.69) is 31.9 Å². The number of halogens is 2. The first kappa shape index (κ1) is 21.4. The first-order valence-corrected chi connectivity index (χ1v) is 11.9. The van der Waals surface area contributed by atoms with E-state index in [4.69, 9.17) is 18.9 Å². The zero-order chi connectivity index (χ0) is 22.2. The molecular formula is C22H20Br2N2O6. The number of ether oxygens (including phenoxy) is 4. The summed E-state index contributed by atoms with van der Waals surface area (Å²) in [7, 11) is 0. The Hall–Kier alpha value is -2.46. The molecule has 32 heavy (non-hydrogen) atoms. The van der Waals surface area contributed by atoms with Crippen LogP contribution >= 0.6 is 31.9 Å². The predicted molar refractivity (Wildman–Crippen MR) is 122 cm³/mol. The van der Waals surface area contributed by atoms with E-state index in [1.54, 1.807) is 34.1 Å². The fourth-order valence-corrected chi connectivity index (χ4v) is 4.89. The van der Waals surface area contributed by atoms with Crippen molar-refractivity contribution in [2.75, 3.05) is 52.6 Å². The number of hydrogen-bond donors (Lipinski definition) is 0. The van der Waals surface area contributed by atoms with E-state index < -0.39 is 0 Å². The van der Waals surface area contributed by atoms with Crippen molar-refractivity contribution in [3.63, 3.8) is 0 Å². The highest BCUT2D eigenvalue weighted by Crippen LogP contribution is 2.37. The molecule has 3 heterocycles. The molecule has 8 nitrogen and oxygen atoms in total. The van der Waals surface area contributed by atoms with Crippen molar-refractivity contribution in [1.29, 1.82) is 0 Å². The maximum atomic E-state index is 13.1. The quantitative estimate of drug-likeness (QED) is 0.554. The number of carbonyl (C=O) groups excluding carboxylic acids is 2. The lowest BCUT2D eigenvalue weighted by Crippen LogP contribution is -2.50. The molecule has 2 aromatic rings. The summed E-state index contributed by atoms with van der Waals surface area (Å²) < 4.78 is 23.7. The van der Waals surface area contributed by atoms with Crippen LogP contribution in [0.3, 0.4) is 0 Å². The lowest BCUT2D eigenvalue weighted by atomic mass is 10.1. The summed E-state index contributed by atoms with van der Waals surface area (Å²) in [6, 6.07) is 6.96. The van der Waals surface area contributed by atoms with Crippen LogP contribution in [0.4, 0.5) is 0 Å². The Bertz CT molecular complexity index is 999. The second kappa shape index (κ2) is 8.82. The first-order chi connectivity index (χ1) is 15.5. The van der Waals surface area contributed by atoms with Gasteiger partial charge in [0.15, 0.2) is 23.0 Å². The third kappa shape index (κ3) is 4.01. The summed E-state index contributed by atoms with van der Waals surface area (Å²) in [4.78, 5) is 29.7. The summed E-state index contributed by atoms with van der Waals surface area (Å²) in [6.07, 6.45) is 0. The Morgan fingerprint density at radius 1 is 0.594 bits per heavy atom. The first-order valence-electron chi connectivity index (χ1n) is 10.3. The molecule has 0 unspecified atom stereocenters. The minimum Gasteiger partial charge on any atom is -0.486 e. The Morgan fingerprint density at radius 2 is 0.906 bits per heavy atom. The molecule has 0 atom stereocenters. The van der Waals surface area contributed by atoms with Gasteiger partial charge in [-0.2, -0.15) is 0 Å². The number of hydrogen-bond acceptors (Lipinski definition) is 6. The average Bonchev–Trinajstić information content (AvgIpc) is 2.82. The highest BCUT2D eigenvalue weighted by Gasteiger charge is 2.29. The SMILES string of the molecule is O=C(c1cc2c(cc1Br)OCCO2)N1CCN(C(=O)c2cc3c(cc2Br)OCCO3)CC1. The molecule has 0 aromatic heterocycles. The monoisotopic (exact) mass is 566 g/mol. The van der Waals surface area contributed by atoms with Crippen LogP contribution in [0.1, 0.15) is 20.7 Å². The van der Waals surface area contributed by atoms with Gasteiger partial charge in [0.1, 0.15) is 26.4 Å². The minimum atomic E-state index is -0.110. The Morgan fingerprint density at radius 3 is 1.25 bits per heavy atom. The molecule has 5 rings (SSSR count). The predicted octanol–water partition coefficient (Wildman–Crippen LogP) is 3.35. The van der Waals surface area contributed by atoms with Crippen molar-refractivity contribution in [1.82, 2.24) is 9.80 Å². The molecule has 0 N–H and O–H groups in total. The molecule has 1 fully saturated rings. The Labute approximate surface area is 201 Å². The third-order valence-electron chi connectivity index (χ3n) is 5.58. The largest absolute Gasteiger partial charge is 0.486 e. The van der Waals surface area contributed by atoms with Crippen molar-refractivity contribution in [2.24, 2.45) is 0 Å². The fourth-order valence-electron chi connectivity index (χ4n) is 3.91. The summed E-state index contributed by atoms with van der Waals surface area (Å²) in [5.41, 5.74) is 1.03. The van der Waals surface area contributed by atoms with Gasteiger partial charge in [-0.25, -0.2) is 0 Å². The van der Waals surface area contributed by atoms with Crippen LogP contribution in [0.25, 0.3) is 0 Å². The molecule has 0 bridgehead atoms. The van der Waals surface area contributed by atoms with Crippen LogP contribution in [-0.4, -0.2) is 74.2 Å². The van der Waals surface area contributed by atoms with Gasteiger partial charge >= 0.3 is 0 Å². The molecular weight excluding hydrogens is 548 g/mol. The van der Waals surface area contributed by atoms with Crippen LogP contribution in [0.5, 0.6) is 23.0 Å². The van der Waals surface area contributed by atoms with Crippen LogP contribution in [0, 0.1) is 0 Å². The smallest absolute Gasteiger partial charge is 0.255 e. The zero-order valence-corrected chi connectivity index (χ0v) is 20.2. The van der Waals surface area contributed by atoms with Gasteiger partial charge in [-0.05, 0) is 56.1 Å². The number of fused-ring (bicyclic) bond motifs is 2. The Kier molecular flexibility index (Phi) is 5.90. The van der Waals surface area contributed by atoms with Gasteiger partial charge in [0.05, 0.1) is 11.1 Å². The van der Waals surface area contributed by atoms with Crippen LogP contribution < -0.4 is 18.9 Å². The summed E-state index contributed by atoms with van der Waals surface area (Å²) >= 11 is 6.94. The molecule has 2 aromatic carbocycles. The molecule has 0 aliphatic carbocycles. The second-order valence-electron chi connectivity index (χ2n) is 7.54. The highest BCUT2D eigenvalue weighted by molar-refractivity contribution is 9.10. The number of carbonyl (C=O) groups is 2. The topological polar surface area (TPSA) is 77.5 Å². The normalized spacial score (nSPS) is 17.2. The van der Waals surface area contributed by atoms with Crippen molar-refractivity contribution in [3.8, 4) is 23.0 Å². The van der Waals surface area contributed by atoms with Crippen molar-refractivity contribution in [3.05, 3.63) is 44.3 Å². The van der Waals surface area contributed by atoms with Gasteiger partial charge in [-0.15, -0.1) is 0 Å². The van der Waals surface area contributed by atoms with Gasteiger partial charge in [0, 0.05) is 35.1 Å². The van der Waals surface area contributed by atoms with E-state index >= 15 is 0 Å². The lowest BCUT2D eigenvalue weighted by molar-refractivity contribution is 0.0533. The number of benzene rings is 2. The number of rotatable bonds is 2. The van der Waals surface area contributed by atoms with Crippen LogP contribution in [0.15, 0.2) is 33.2 Å². The van der Waals surface area contributed by atoms with Gasteiger partial charge in [-0.1, -0.05) is 0 Å². The minimum absolute atomic E-state index is 0.110. The Balaban J connectivity index is 1.27. The van der Waals surface area contributed by atoms with E-state index in [-0.39, 0.29) is 11.8 Å². The molecule has 0 saturated carbocycles.